The van der Waals surface area contributed by atoms with E-state index in [9.17, 15) is 4.79 Å². The number of anilines is 1. The van der Waals surface area contributed by atoms with Crippen LogP contribution < -0.4 is 4.90 Å². The minimum Gasteiger partial charge on any atom is -0.451 e. The first kappa shape index (κ1) is 16.5. The number of hydrogen-bond donors (Lipinski definition) is 0. The van der Waals surface area contributed by atoms with Gasteiger partial charge in [0.25, 0.3) is 5.91 Å². The summed E-state index contributed by atoms with van der Waals surface area (Å²) in [5.41, 5.74) is 1.61. The third-order valence-corrected chi connectivity index (χ3v) is 5.86. The van der Waals surface area contributed by atoms with E-state index in [1.807, 2.05) is 48.5 Å². The van der Waals surface area contributed by atoms with Crippen LogP contribution in [0, 0.1) is 0 Å². The van der Waals surface area contributed by atoms with Crippen molar-refractivity contribution in [2.24, 2.45) is 0 Å². The van der Waals surface area contributed by atoms with Crippen molar-refractivity contribution in [1.82, 2.24) is 4.98 Å². The standard InChI is InChI=1S/C21H18N2O3S/c24-20(18-12-14-6-1-3-9-17(14)26-18)23(13-15-7-5-11-25-15)21-22-16-8-2-4-10-19(16)27-21/h1-4,6,8-10,12,15H,5,7,11,13H2. The molecule has 0 N–H and O–H groups in total. The number of thiazole rings is 1. The van der Waals surface area contributed by atoms with E-state index in [-0.39, 0.29) is 12.0 Å². The van der Waals surface area contributed by atoms with Crippen LogP contribution >= 0.6 is 11.3 Å². The number of benzene rings is 2. The smallest absolute Gasteiger partial charge is 0.295 e. The molecule has 5 nitrogen and oxygen atoms in total. The van der Waals surface area contributed by atoms with Crippen molar-refractivity contribution in [3.8, 4) is 0 Å². The second-order valence-electron chi connectivity index (χ2n) is 6.66. The third kappa shape index (κ3) is 3.11. The van der Waals surface area contributed by atoms with Gasteiger partial charge in [-0.15, -0.1) is 0 Å². The van der Waals surface area contributed by atoms with E-state index in [1.165, 1.54) is 11.3 Å². The van der Waals surface area contributed by atoms with Crippen LogP contribution in [0.1, 0.15) is 23.4 Å². The van der Waals surface area contributed by atoms with Gasteiger partial charge in [-0.25, -0.2) is 4.98 Å². The first-order valence-electron chi connectivity index (χ1n) is 9.05. The van der Waals surface area contributed by atoms with Crippen molar-refractivity contribution in [2.75, 3.05) is 18.1 Å². The van der Waals surface area contributed by atoms with Crippen LogP contribution in [-0.2, 0) is 4.74 Å². The molecular formula is C21H18N2O3S. The highest BCUT2D eigenvalue weighted by atomic mass is 32.1. The summed E-state index contributed by atoms with van der Waals surface area (Å²) in [5, 5.41) is 1.60. The molecule has 27 heavy (non-hydrogen) atoms. The number of furan rings is 1. The van der Waals surface area contributed by atoms with Crippen LogP contribution in [0.25, 0.3) is 21.2 Å². The van der Waals surface area contributed by atoms with E-state index in [0.29, 0.717) is 23.0 Å². The normalized spacial score (nSPS) is 17.0. The number of para-hydroxylation sites is 2. The first-order chi connectivity index (χ1) is 13.3. The molecule has 1 amide bonds. The molecule has 1 aliphatic heterocycles. The van der Waals surface area contributed by atoms with E-state index >= 15 is 0 Å². The molecule has 0 bridgehead atoms. The lowest BCUT2D eigenvalue weighted by Gasteiger charge is -2.22. The summed E-state index contributed by atoms with van der Waals surface area (Å²) < 4.78 is 12.6. The number of ether oxygens (including phenoxy) is 1. The lowest BCUT2D eigenvalue weighted by Crippen LogP contribution is -2.37. The Labute approximate surface area is 160 Å². The van der Waals surface area contributed by atoms with Gasteiger partial charge < -0.3 is 9.15 Å². The molecule has 5 rings (SSSR count). The van der Waals surface area contributed by atoms with Gasteiger partial charge in [-0.1, -0.05) is 41.7 Å². The van der Waals surface area contributed by atoms with Gasteiger partial charge in [0.05, 0.1) is 22.9 Å². The predicted molar refractivity (Wildman–Crippen MR) is 106 cm³/mol. The molecular weight excluding hydrogens is 360 g/mol. The quantitative estimate of drug-likeness (QED) is 0.508. The second-order valence-corrected chi connectivity index (χ2v) is 7.67. The molecule has 0 saturated carbocycles. The highest BCUT2D eigenvalue weighted by Crippen LogP contribution is 2.31. The number of aromatic nitrogens is 1. The Morgan fingerprint density at radius 2 is 2.04 bits per heavy atom. The Hall–Kier alpha value is -2.70. The van der Waals surface area contributed by atoms with Gasteiger partial charge in [0.2, 0.25) is 0 Å². The van der Waals surface area contributed by atoms with Crippen molar-refractivity contribution in [3.63, 3.8) is 0 Å². The van der Waals surface area contributed by atoms with Crippen molar-refractivity contribution in [1.29, 1.82) is 0 Å². The minimum absolute atomic E-state index is 0.0327. The summed E-state index contributed by atoms with van der Waals surface area (Å²) in [4.78, 5) is 19.7. The molecule has 1 atom stereocenters. The fraction of sp³-hybridized carbons (Fsp3) is 0.238. The van der Waals surface area contributed by atoms with Crippen LogP contribution in [0.15, 0.2) is 59.0 Å². The van der Waals surface area contributed by atoms with E-state index in [2.05, 4.69) is 4.98 Å². The summed E-state index contributed by atoms with van der Waals surface area (Å²) in [6.45, 7) is 1.23. The fourth-order valence-corrected chi connectivity index (χ4v) is 4.41. The first-order valence-corrected chi connectivity index (χ1v) is 9.87. The lowest BCUT2D eigenvalue weighted by atomic mass is 10.2. The minimum atomic E-state index is -0.180. The zero-order valence-electron chi connectivity index (χ0n) is 14.6. The van der Waals surface area contributed by atoms with Crippen molar-refractivity contribution in [2.45, 2.75) is 18.9 Å². The summed E-state index contributed by atoms with van der Waals surface area (Å²) in [5.74, 6) is 0.147. The van der Waals surface area contributed by atoms with Crippen LogP contribution in [0.4, 0.5) is 5.13 Å². The van der Waals surface area contributed by atoms with Crippen LogP contribution in [-0.4, -0.2) is 30.1 Å². The van der Waals surface area contributed by atoms with Gasteiger partial charge >= 0.3 is 0 Å². The zero-order valence-corrected chi connectivity index (χ0v) is 15.4. The number of fused-ring (bicyclic) bond motifs is 2. The molecule has 136 valence electrons. The molecule has 0 spiro atoms. The van der Waals surface area contributed by atoms with E-state index in [4.69, 9.17) is 9.15 Å². The molecule has 2 aromatic heterocycles. The zero-order chi connectivity index (χ0) is 18.2. The van der Waals surface area contributed by atoms with Gasteiger partial charge in [-0.3, -0.25) is 9.69 Å². The molecule has 0 aliphatic carbocycles. The van der Waals surface area contributed by atoms with Gasteiger partial charge in [0.15, 0.2) is 10.9 Å². The Balaban J connectivity index is 1.54. The molecule has 2 aromatic carbocycles. The average Bonchev–Trinajstić information content (AvgIpc) is 3.44. The summed E-state index contributed by atoms with van der Waals surface area (Å²) >= 11 is 1.52. The molecule has 1 aliphatic rings. The Bertz CT molecular complexity index is 1040. The number of hydrogen-bond acceptors (Lipinski definition) is 5. The Morgan fingerprint density at radius 3 is 2.85 bits per heavy atom. The number of rotatable bonds is 4. The van der Waals surface area contributed by atoms with Gasteiger partial charge in [0, 0.05) is 12.0 Å². The van der Waals surface area contributed by atoms with Crippen LogP contribution in [0.3, 0.4) is 0 Å². The summed E-state index contributed by atoms with van der Waals surface area (Å²) in [6, 6.07) is 17.4. The van der Waals surface area contributed by atoms with Crippen molar-refractivity contribution in [3.05, 3.63) is 60.4 Å². The van der Waals surface area contributed by atoms with Gasteiger partial charge in [-0.2, -0.15) is 0 Å². The largest absolute Gasteiger partial charge is 0.451 e. The second kappa shape index (κ2) is 6.79. The molecule has 3 heterocycles. The topological polar surface area (TPSA) is 55.6 Å². The highest BCUT2D eigenvalue weighted by molar-refractivity contribution is 7.22. The molecule has 0 radical (unpaired) electrons. The number of amides is 1. The highest BCUT2D eigenvalue weighted by Gasteiger charge is 2.28. The van der Waals surface area contributed by atoms with Gasteiger partial charge in [0.1, 0.15) is 5.58 Å². The maximum atomic E-state index is 13.3. The summed E-state index contributed by atoms with van der Waals surface area (Å²) in [7, 11) is 0. The van der Waals surface area contributed by atoms with E-state index in [0.717, 1.165) is 35.1 Å². The monoisotopic (exact) mass is 378 g/mol. The number of carbonyl (C=O) groups is 1. The Morgan fingerprint density at radius 1 is 1.19 bits per heavy atom. The fourth-order valence-electron chi connectivity index (χ4n) is 3.44. The SMILES string of the molecule is O=C(c1cc2ccccc2o1)N(CC1CCCO1)c1nc2ccccc2s1. The molecule has 1 fully saturated rings. The molecule has 6 heteroatoms. The van der Waals surface area contributed by atoms with Gasteiger partial charge in [-0.05, 0) is 37.1 Å². The average molecular weight is 378 g/mol. The third-order valence-electron chi connectivity index (χ3n) is 4.81. The van der Waals surface area contributed by atoms with Crippen LogP contribution in [0.2, 0.25) is 0 Å². The van der Waals surface area contributed by atoms with Crippen LogP contribution in [0.5, 0.6) is 0 Å². The Kier molecular flexibility index (Phi) is 4.14. The number of nitrogens with zero attached hydrogens (tertiary/aromatic N) is 2. The lowest BCUT2D eigenvalue weighted by molar-refractivity contribution is 0.0896. The maximum absolute atomic E-state index is 13.3. The van der Waals surface area contributed by atoms with E-state index in [1.54, 1.807) is 11.0 Å². The predicted octanol–water partition coefficient (Wildman–Crippen LogP) is 4.87. The van der Waals surface area contributed by atoms with Crippen molar-refractivity contribution >= 4 is 43.6 Å². The molecule has 4 aromatic rings. The van der Waals surface area contributed by atoms with Crippen molar-refractivity contribution < 1.29 is 13.9 Å². The molecule has 1 unspecified atom stereocenters. The maximum Gasteiger partial charge on any atom is 0.295 e. The molecule has 1 saturated heterocycles. The summed E-state index contributed by atoms with van der Waals surface area (Å²) in [6.07, 6.45) is 2.01. The number of carbonyl (C=O) groups excluding carboxylic acids is 1. The van der Waals surface area contributed by atoms with E-state index < -0.39 is 0 Å².